The first-order valence-corrected chi connectivity index (χ1v) is 5.39. The SMILES string of the molecule is CCNC(=O)CN(C)c1cccc(C)c1N. The molecule has 0 bridgehead atoms. The van der Waals surface area contributed by atoms with Crippen LogP contribution < -0.4 is 16.0 Å². The first-order chi connectivity index (χ1) is 7.56. The summed E-state index contributed by atoms with van der Waals surface area (Å²) < 4.78 is 0. The average molecular weight is 221 g/mol. The van der Waals surface area contributed by atoms with Crippen molar-refractivity contribution in [3.63, 3.8) is 0 Å². The summed E-state index contributed by atoms with van der Waals surface area (Å²) in [6, 6.07) is 5.82. The molecule has 0 aliphatic rings. The van der Waals surface area contributed by atoms with E-state index in [0.29, 0.717) is 13.1 Å². The monoisotopic (exact) mass is 221 g/mol. The molecule has 16 heavy (non-hydrogen) atoms. The fourth-order valence-electron chi connectivity index (χ4n) is 1.55. The zero-order chi connectivity index (χ0) is 12.1. The molecular weight excluding hydrogens is 202 g/mol. The number of rotatable bonds is 4. The molecule has 3 N–H and O–H groups in total. The standard InChI is InChI=1S/C12H19N3O/c1-4-14-11(16)8-15(3)10-7-5-6-9(2)12(10)13/h5-7H,4,8,13H2,1-3H3,(H,14,16). The molecule has 0 saturated carbocycles. The second-order valence-corrected chi connectivity index (χ2v) is 3.82. The van der Waals surface area contributed by atoms with Crippen molar-refractivity contribution in [1.29, 1.82) is 0 Å². The maximum absolute atomic E-state index is 11.4. The number of nitrogens with two attached hydrogens (primary N) is 1. The van der Waals surface area contributed by atoms with Gasteiger partial charge in [0, 0.05) is 13.6 Å². The second-order valence-electron chi connectivity index (χ2n) is 3.82. The van der Waals surface area contributed by atoms with Crippen LogP contribution >= 0.6 is 0 Å². The van der Waals surface area contributed by atoms with Crippen LogP contribution in [0.5, 0.6) is 0 Å². The fourth-order valence-corrected chi connectivity index (χ4v) is 1.55. The van der Waals surface area contributed by atoms with Crippen molar-refractivity contribution < 1.29 is 4.79 Å². The number of likely N-dealkylation sites (N-methyl/N-ethyl adjacent to an activating group) is 2. The third-order valence-electron chi connectivity index (χ3n) is 2.47. The fraction of sp³-hybridized carbons (Fsp3) is 0.417. The number of benzene rings is 1. The topological polar surface area (TPSA) is 58.4 Å². The number of carbonyl (C=O) groups is 1. The van der Waals surface area contributed by atoms with Crippen molar-refractivity contribution in [3.05, 3.63) is 23.8 Å². The van der Waals surface area contributed by atoms with Crippen molar-refractivity contribution >= 4 is 17.3 Å². The van der Waals surface area contributed by atoms with Gasteiger partial charge in [-0.15, -0.1) is 0 Å². The van der Waals surface area contributed by atoms with Crippen LogP contribution in [0.4, 0.5) is 11.4 Å². The average Bonchev–Trinajstić information content (AvgIpc) is 2.22. The minimum absolute atomic E-state index is 0.00547. The summed E-state index contributed by atoms with van der Waals surface area (Å²) in [5, 5.41) is 2.76. The van der Waals surface area contributed by atoms with Crippen LogP contribution in [-0.2, 0) is 4.79 Å². The van der Waals surface area contributed by atoms with E-state index >= 15 is 0 Å². The Balaban J connectivity index is 2.76. The van der Waals surface area contributed by atoms with Gasteiger partial charge >= 0.3 is 0 Å². The number of carbonyl (C=O) groups excluding carboxylic acids is 1. The molecule has 1 aromatic rings. The third kappa shape index (κ3) is 2.89. The summed E-state index contributed by atoms with van der Waals surface area (Å²) in [7, 11) is 1.86. The summed E-state index contributed by atoms with van der Waals surface area (Å²) in [6.45, 7) is 4.83. The lowest BCUT2D eigenvalue weighted by atomic mass is 10.1. The van der Waals surface area contributed by atoms with Crippen molar-refractivity contribution in [1.82, 2.24) is 5.32 Å². The molecule has 0 spiro atoms. The molecule has 0 fully saturated rings. The molecular formula is C12H19N3O. The summed E-state index contributed by atoms with van der Waals surface area (Å²) >= 11 is 0. The highest BCUT2D eigenvalue weighted by Gasteiger charge is 2.09. The van der Waals surface area contributed by atoms with Crippen LogP contribution in [-0.4, -0.2) is 26.0 Å². The van der Waals surface area contributed by atoms with Gasteiger partial charge in [-0.25, -0.2) is 0 Å². The Labute approximate surface area is 96.4 Å². The molecule has 0 aliphatic heterocycles. The molecule has 0 saturated heterocycles. The lowest BCUT2D eigenvalue weighted by Crippen LogP contribution is -2.35. The van der Waals surface area contributed by atoms with Crippen LogP contribution in [0.15, 0.2) is 18.2 Å². The van der Waals surface area contributed by atoms with Gasteiger partial charge in [0.2, 0.25) is 5.91 Å². The number of nitrogen functional groups attached to an aromatic ring is 1. The Bertz CT molecular complexity index is 377. The minimum atomic E-state index is 0.00547. The summed E-state index contributed by atoms with van der Waals surface area (Å²) in [6.07, 6.45) is 0. The summed E-state index contributed by atoms with van der Waals surface area (Å²) in [4.78, 5) is 13.3. The van der Waals surface area contributed by atoms with Crippen LogP contribution in [0.3, 0.4) is 0 Å². The van der Waals surface area contributed by atoms with E-state index < -0.39 is 0 Å². The van der Waals surface area contributed by atoms with Gasteiger partial charge in [-0.05, 0) is 25.5 Å². The molecule has 0 aromatic heterocycles. The molecule has 88 valence electrons. The van der Waals surface area contributed by atoms with E-state index in [0.717, 1.165) is 16.9 Å². The predicted molar refractivity (Wildman–Crippen MR) is 67.5 cm³/mol. The smallest absolute Gasteiger partial charge is 0.239 e. The number of amides is 1. The number of nitrogens with one attached hydrogen (secondary N) is 1. The van der Waals surface area contributed by atoms with E-state index in [9.17, 15) is 4.79 Å². The van der Waals surface area contributed by atoms with Gasteiger partial charge in [-0.2, -0.15) is 0 Å². The largest absolute Gasteiger partial charge is 0.397 e. The van der Waals surface area contributed by atoms with E-state index in [1.165, 1.54) is 0 Å². The Hall–Kier alpha value is -1.71. The van der Waals surface area contributed by atoms with E-state index in [4.69, 9.17) is 5.73 Å². The van der Waals surface area contributed by atoms with Gasteiger partial charge in [-0.3, -0.25) is 4.79 Å². The summed E-state index contributed by atoms with van der Waals surface area (Å²) in [5.74, 6) is 0.00547. The van der Waals surface area contributed by atoms with Gasteiger partial charge in [0.15, 0.2) is 0 Å². The zero-order valence-electron chi connectivity index (χ0n) is 10.1. The zero-order valence-corrected chi connectivity index (χ0v) is 10.1. The Morgan fingerprint density at radius 3 is 2.81 bits per heavy atom. The molecule has 0 unspecified atom stereocenters. The predicted octanol–water partition coefficient (Wildman–Crippen LogP) is 1.15. The first kappa shape index (κ1) is 12.4. The van der Waals surface area contributed by atoms with Crippen LogP contribution in [0.1, 0.15) is 12.5 Å². The number of para-hydroxylation sites is 1. The molecule has 1 rings (SSSR count). The maximum Gasteiger partial charge on any atom is 0.239 e. The second kappa shape index (κ2) is 5.39. The Kier molecular flexibility index (Phi) is 4.17. The number of nitrogens with zero attached hydrogens (tertiary/aromatic N) is 1. The minimum Gasteiger partial charge on any atom is -0.397 e. The van der Waals surface area contributed by atoms with Crippen LogP contribution in [0, 0.1) is 6.92 Å². The van der Waals surface area contributed by atoms with Crippen LogP contribution in [0.2, 0.25) is 0 Å². The van der Waals surface area contributed by atoms with Gasteiger partial charge < -0.3 is 16.0 Å². The van der Waals surface area contributed by atoms with Gasteiger partial charge in [0.05, 0.1) is 17.9 Å². The van der Waals surface area contributed by atoms with Gasteiger partial charge in [0.25, 0.3) is 0 Å². The molecule has 4 heteroatoms. The number of aryl methyl sites for hydroxylation is 1. The normalized spacial score (nSPS) is 9.94. The molecule has 0 aliphatic carbocycles. The number of hydrogen-bond acceptors (Lipinski definition) is 3. The molecule has 0 radical (unpaired) electrons. The van der Waals surface area contributed by atoms with Crippen molar-refractivity contribution in [2.75, 3.05) is 30.8 Å². The van der Waals surface area contributed by atoms with E-state index in [1.807, 2.05) is 44.0 Å². The van der Waals surface area contributed by atoms with Gasteiger partial charge in [-0.1, -0.05) is 12.1 Å². The Morgan fingerprint density at radius 2 is 2.19 bits per heavy atom. The van der Waals surface area contributed by atoms with E-state index in [2.05, 4.69) is 5.32 Å². The highest BCUT2D eigenvalue weighted by Crippen LogP contribution is 2.24. The highest BCUT2D eigenvalue weighted by molar-refractivity contribution is 5.83. The van der Waals surface area contributed by atoms with Crippen LogP contribution in [0.25, 0.3) is 0 Å². The lowest BCUT2D eigenvalue weighted by Gasteiger charge is -2.21. The third-order valence-corrected chi connectivity index (χ3v) is 2.47. The lowest BCUT2D eigenvalue weighted by molar-refractivity contribution is -0.119. The highest BCUT2D eigenvalue weighted by atomic mass is 16.1. The molecule has 0 atom stereocenters. The Morgan fingerprint density at radius 1 is 1.50 bits per heavy atom. The number of anilines is 2. The summed E-state index contributed by atoms with van der Waals surface area (Å²) in [5.41, 5.74) is 8.61. The van der Waals surface area contributed by atoms with E-state index in [-0.39, 0.29) is 5.91 Å². The van der Waals surface area contributed by atoms with E-state index in [1.54, 1.807) is 0 Å². The quantitative estimate of drug-likeness (QED) is 0.750. The number of hydrogen-bond donors (Lipinski definition) is 2. The van der Waals surface area contributed by atoms with Crippen molar-refractivity contribution in [2.24, 2.45) is 0 Å². The molecule has 0 heterocycles. The maximum atomic E-state index is 11.4. The molecule has 1 aromatic carbocycles. The van der Waals surface area contributed by atoms with Crippen molar-refractivity contribution in [3.8, 4) is 0 Å². The first-order valence-electron chi connectivity index (χ1n) is 5.39. The van der Waals surface area contributed by atoms with Gasteiger partial charge in [0.1, 0.15) is 0 Å². The molecule has 1 amide bonds. The van der Waals surface area contributed by atoms with Crippen molar-refractivity contribution in [2.45, 2.75) is 13.8 Å². The molecule has 4 nitrogen and oxygen atoms in total.